The van der Waals surface area contributed by atoms with E-state index < -0.39 is 39.5 Å². The van der Waals surface area contributed by atoms with Gasteiger partial charge in [0, 0.05) is 17.7 Å². The third-order valence-corrected chi connectivity index (χ3v) is 6.05. The number of anilines is 3. The van der Waals surface area contributed by atoms with Gasteiger partial charge in [-0.25, -0.2) is 9.37 Å². The van der Waals surface area contributed by atoms with Gasteiger partial charge >= 0.3 is 16.6 Å². The molecule has 0 radical (unpaired) electrons. The maximum Gasteiger partial charge on any atom is 0.416 e. The van der Waals surface area contributed by atoms with E-state index in [1.54, 1.807) is 0 Å². The summed E-state index contributed by atoms with van der Waals surface area (Å²) in [4.78, 5) is 20.7. The number of nitrogens with one attached hydrogen (secondary N) is 3. The highest BCUT2D eigenvalue weighted by Gasteiger charge is 2.36. The Balaban J connectivity index is 0.000000714. The Morgan fingerprint density at radius 3 is 2.37 bits per heavy atom. The molecule has 1 aromatic heterocycles. The molecule has 3 aromatic carbocycles. The van der Waals surface area contributed by atoms with Crippen LogP contribution in [0.5, 0.6) is 5.75 Å². The van der Waals surface area contributed by atoms with Gasteiger partial charge < -0.3 is 20.4 Å². The smallest absolute Gasteiger partial charge is 0.416 e. The number of carbonyl (C=O) groups is 1. The molecule has 0 unspecified atom stereocenters. The summed E-state index contributed by atoms with van der Waals surface area (Å²) in [7, 11) is -4.67. The Morgan fingerprint density at radius 2 is 1.78 bits per heavy atom. The van der Waals surface area contributed by atoms with E-state index in [0.29, 0.717) is 28.8 Å². The molecular weight excluding hydrogens is 596 g/mol. The number of carbonyl (C=O) groups excluding carboxylic acids is 1. The molecular formula is C25H21ClF4N4O6S. The number of benzene rings is 3. The molecule has 1 aliphatic heterocycles. The number of para-hydroxylation sites is 1. The van der Waals surface area contributed by atoms with Gasteiger partial charge in [-0.2, -0.15) is 21.6 Å². The summed E-state index contributed by atoms with van der Waals surface area (Å²) in [6, 6.07) is 9.93. The molecule has 0 saturated carbocycles. The molecule has 10 nitrogen and oxygen atoms in total. The third-order valence-electron chi connectivity index (χ3n) is 5.74. The van der Waals surface area contributed by atoms with Crippen molar-refractivity contribution in [2.75, 3.05) is 10.6 Å². The summed E-state index contributed by atoms with van der Waals surface area (Å²) < 4.78 is 90.5. The van der Waals surface area contributed by atoms with Crippen molar-refractivity contribution in [3.63, 3.8) is 0 Å². The van der Waals surface area contributed by atoms with Crippen LogP contribution < -0.4 is 15.4 Å². The minimum atomic E-state index is -4.67. The molecule has 4 aromatic rings. The average Bonchev–Trinajstić information content (AvgIpc) is 3.38. The molecule has 5 N–H and O–H groups in total. The van der Waals surface area contributed by atoms with Gasteiger partial charge in [-0.3, -0.25) is 13.9 Å². The van der Waals surface area contributed by atoms with E-state index in [1.807, 2.05) is 13.8 Å². The zero-order valence-electron chi connectivity index (χ0n) is 21.1. The Bertz CT molecular complexity index is 1710. The number of hydrogen-bond donors (Lipinski definition) is 5. The van der Waals surface area contributed by atoms with E-state index in [9.17, 15) is 22.4 Å². The predicted octanol–water partition coefficient (Wildman–Crippen LogP) is 6.43. The van der Waals surface area contributed by atoms with Crippen molar-refractivity contribution in [2.24, 2.45) is 0 Å². The van der Waals surface area contributed by atoms with Gasteiger partial charge in [0.1, 0.15) is 17.2 Å². The fourth-order valence-corrected chi connectivity index (χ4v) is 4.34. The van der Waals surface area contributed by atoms with Crippen LogP contribution in [0.1, 0.15) is 35.3 Å². The maximum absolute atomic E-state index is 14.3. The van der Waals surface area contributed by atoms with Crippen LogP contribution in [0.4, 0.5) is 34.9 Å². The zero-order chi connectivity index (χ0) is 30.3. The standard InChI is InChI=1S/C25H19ClF4N4O2.H2O4S/c1-24(2)11-15-19-18(32-23(33-19)34-20-16(26)4-3-5-17(20)27)10-14(21(15)36-24)22(35)31-13-8-6-12(7-9-13)25(28,29)30;1-5(2,3)4/h3-10H,11H2,1-2H3,(H,31,35)(H2,32,33,34);(H2,1,2,3,4). The Morgan fingerprint density at radius 1 is 1.15 bits per heavy atom. The van der Waals surface area contributed by atoms with Crippen LogP contribution >= 0.6 is 11.6 Å². The van der Waals surface area contributed by atoms with Crippen molar-refractivity contribution < 1.29 is 44.6 Å². The number of ether oxygens (including phenoxy) is 1. The highest BCUT2D eigenvalue weighted by molar-refractivity contribution is 7.79. The first-order chi connectivity index (χ1) is 18.9. The van der Waals surface area contributed by atoms with Crippen molar-refractivity contribution in [1.29, 1.82) is 0 Å². The van der Waals surface area contributed by atoms with Gasteiger partial charge in [0.2, 0.25) is 5.95 Å². The molecule has 41 heavy (non-hydrogen) atoms. The summed E-state index contributed by atoms with van der Waals surface area (Å²) in [5.74, 6) is -0.574. The van der Waals surface area contributed by atoms with Gasteiger partial charge in [-0.05, 0) is 56.3 Å². The van der Waals surface area contributed by atoms with E-state index in [4.69, 9.17) is 33.9 Å². The fourth-order valence-electron chi connectivity index (χ4n) is 4.13. The van der Waals surface area contributed by atoms with E-state index in [0.717, 1.165) is 12.1 Å². The first-order valence-electron chi connectivity index (χ1n) is 11.6. The first-order valence-corrected chi connectivity index (χ1v) is 13.3. The number of nitrogens with zero attached hydrogens (tertiary/aromatic N) is 1. The SMILES string of the molecule is CC1(C)Cc2c(c(C(=O)Nc3ccc(C(F)(F)F)cc3)cc3nc(Nc4c(F)cccc4Cl)[nH]c23)O1.O=S(=O)(O)O. The largest absolute Gasteiger partial charge is 0.486 e. The fraction of sp³-hybridized carbons (Fsp3) is 0.200. The van der Waals surface area contributed by atoms with Crippen LogP contribution in [0, 0.1) is 5.82 Å². The molecule has 2 heterocycles. The Labute approximate surface area is 235 Å². The monoisotopic (exact) mass is 616 g/mol. The van der Waals surface area contributed by atoms with Crippen molar-refractivity contribution in [1.82, 2.24) is 9.97 Å². The van der Waals surface area contributed by atoms with E-state index in [-0.39, 0.29) is 27.9 Å². The summed E-state index contributed by atoms with van der Waals surface area (Å²) in [6.45, 7) is 3.73. The van der Waals surface area contributed by atoms with Crippen LogP contribution in [-0.2, 0) is 23.0 Å². The topological polar surface area (TPSA) is 154 Å². The highest BCUT2D eigenvalue weighted by atomic mass is 35.5. The third kappa shape index (κ3) is 7.24. The van der Waals surface area contributed by atoms with Gasteiger partial charge in [0.05, 0.1) is 32.9 Å². The summed E-state index contributed by atoms with van der Waals surface area (Å²) in [5.41, 5.74) is 0.705. The van der Waals surface area contributed by atoms with E-state index in [1.165, 1.54) is 36.4 Å². The number of aromatic nitrogens is 2. The normalized spacial score (nSPS) is 14.1. The lowest BCUT2D eigenvalue weighted by atomic mass is 9.98. The maximum atomic E-state index is 14.3. The second-order valence-corrected chi connectivity index (χ2v) is 10.8. The highest BCUT2D eigenvalue weighted by Crippen LogP contribution is 2.42. The molecule has 0 aliphatic carbocycles. The Kier molecular flexibility index (Phi) is 7.92. The molecule has 0 fully saturated rings. The molecule has 1 amide bonds. The zero-order valence-corrected chi connectivity index (χ0v) is 22.7. The van der Waals surface area contributed by atoms with Crippen LogP contribution in [-0.4, -0.2) is 39.0 Å². The number of aromatic amines is 1. The lowest BCUT2D eigenvalue weighted by Gasteiger charge is -2.18. The number of imidazole rings is 1. The van der Waals surface area contributed by atoms with Gasteiger partial charge in [-0.15, -0.1) is 0 Å². The Hall–Kier alpha value is -3.92. The summed E-state index contributed by atoms with van der Waals surface area (Å²) in [5, 5.41) is 5.62. The molecule has 0 saturated heterocycles. The minimum Gasteiger partial charge on any atom is -0.486 e. The van der Waals surface area contributed by atoms with Gasteiger partial charge in [0.25, 0.3) is 5.91 Å². The van der Waals surface area contributed by atoms with E-state index in [2.05, 4.69) is 20.6 Å². The molecule has 1 aliphatic rings. The molecule has 16 heteroatoms. The number of rotatable bonds is 4. The van der Waals surface area contributed by atoms with Gasteiger partial charge in [-0.1, -0.05) is 17.7 Å². The molecule has 5 rings (SSSR count). The van der Waals surface area contributed by atoms with Crippen molar-refractivity contribution in [2.45, 2.75) is 32.0 Å². The number of alkyl halides is 3. The number of fused-ring (bicyclic) bond motifs is 3. The van der Waals surface area contributed by atoms with Crippen LogP contribution in [0.2, 0.25) is 5.02 Å². The first kappa shape index (κ1) is 30.0. The predicted molar refractivity (Wildman–Crippen MR) is 143 cm³/mol. The van der Waals surface area contributed by atoms with Gasteiger partial charge in [0.15, 0.2) is 0 Å². The number of H-pyrrole nitrogens is 1. The lowest BCUT2D eigenvalue weighted by molar-refractivity contribution is -0.137. The number of hydrogen-bond acceptors (Lipinski definition) is 6. The quantitative estimate of drug-likeness (QED) is 0.130. The van der Waals surface area contributed by atoms with Crippen LogP contribution in [0.25, 0.3) is 11.0 Å². The van der Waals surface area contributed by atoms with Crippen LogP contribution in [0.15, 0.2) is 48.5 Å². The second-order valence-electron chi connectivity index (χ2n) is 9.45. The number of amides is 1. The van der Waals surface area contributed by atoms with Crippen molar-refractivity contribution in [3.8, 4) is 5.75 Å². The molecule has 0 bridgehead atoms. The summed E-state index contributed by atoms with van der Waals surface area (Å²) >= 11 is 6.11. The van der Waals surface area contributed by atoms with E-state index >= 15 is 0 Å². The molecule has 0 spiro atoms. The summed E-state index contributed by atoms with van der Waals surface area (Å²) in [6.07, 6.45) is -4.02. The average molecular weight is 617 g/mol. The number of halogens is 5. The lowest BCUT2D eigenvalue weighted by Crippen LogP contribution is -2.25. The minimum absolute atomic E-state index is 0.0479. The molecule has 0 atom stereocenters. The second kappa shape index (κ2) is 10.8. The van der Waals surface area contributed by atoms with Crippen molar-refractivity contribution >= 4 is 56.3 Å². The van der Waals surface area contributed by atoms with Crippen LogP contribution in [0.3, 0.4) is 0 Å². The van der Waals surface area contributed by atoms with Crippen molar-refractivity contribution in [3.05, 3.63) is 76.1 Å². The molecule has 218 valence electrons.